The molecule has 30 heavy (non-hydrogen) atoms. The van der Waals surface area contributed by atoms with Gasteiger partial charge in [-0.25, -0.2) is 4.68 Å². The van der Waals surface area contributed by atoms with Crippen LogP contribution in [-0.2, 0) is 0 Å². The minimum Gasteiger partial charge on any atom is -0.350 e. The fraction of sp³-hybridized carbons (Fsp3) is 0.318. The van der Waals surface area contributed by atoms with E-state index in [1.807, 2.05) is 47.2 Å². The van der Waals surface area contributed by atoms with Gasteiger partial charge >= 0.3 is 0 Å². The second-order valence-electron chi connectivity index (χ2n) is 7.75. The first-order valence-electron chi connectivity index (χ1n) is 10.0. The van der Waals surface area contributed by atoms with Crippen molar-refractivity contribution in [2.45, 2.75) is 18.4 Å². The molecule has 1 fully saturated rings. The number of carbonyl (C=O) groups excluding carboxylic acids is 1. The van der Waals surface area contributed by atoms with Gasteiger partial charge in [0.05, 0.1) is 17.3 Å². The third-order valence-corrected chi connectivity index (χ3v) is 6.07. The maximum absolute atomic E-state index is 13.0. The van der Waals surface area contributed by atoms with Gasteiger partial charge in [-0.2, -0.15) is 5.10 Å². The number of piperidine rings is 1. The Labute approximate surface area is 180 Å². The lowest BCUT2D eigenvalue weighted by molar-refractivity contribution is 0.0932. The Morgan fingerprint density at radius 3 is 2.83 bits per heavy atom. The molecule has 2 bridgehead atoms. The van der Waals surface area contributed by atoms with Crippen molar-refractivity contribution in [3.8, 4) is 5.69 Å². The maximum Gasteiger partial charge on any atom is 0.253 e. The summed E-state index contributed by atoms with van der Waals surface area (Å²) in [5.41, 5.74) is 2.37. The van der Waals surface area contributed by atoms with Gasteiger partial charge < -0.3 is 15.2 Å². The van der Waals surface area contributed by atoms with Crippen LogP contribution in [-0.4, -0.2) is 39.9 Å². The standard InChI is InChI=1S/C22H23N5O2.ClH/c28-21-8-3-7-18-15-11-16(13-23-12-15)20(27(18)21)14-24-22(29)17-5-1-2-6-19(17)26-10-4-9-25-26;/h1-10,15-16,20,23H,11-14H2,(H,24,29);1H/t15-,16+,20+;/m1./s1. The fourth-order valence-corrected chi connectivity index (χ4v) is 4.74. The Kier molecular flexibility index (Phi) is 5.74. The number of pyridine rings is 1. The summed E-state index contributed by atoms with van der Waals surface area (Å²) in [5.74, 6) is 0.519. The van der Waals surface area contributed by atoms with E-state index in [-0.39, 0.29) is 29.9 Å². The number of nitrogens with zero attached hydrogens (tertiary/aromatic N) is 3. The lowest BCUT2D eigenvalue weighted by atomic mass is 9.79. The zero-order valence-corrected chi connectivity index (χ0v) is 17.2. The molecule has 2 aliphatic rings. The lowest BCUT2D eigenvalue weighted by Gasteiger charge is -2.43. The van der Waals surface area contributed by atoms with E-state index >= 15 is 0 Å². The number of rotatable bonds is 4. The third kappa shape index (κ3) is 3.55. The highest BCUT2D eigenvalue weighted by atomic mass is 35.5. The SMILES string of the molecule is Cl.O=C(NC[C@H]1[C@@H]2CNC[C@@H](C2)c2cccc(=O)n21)c1ccccc1-n1cccn1. The zero-order valence-electron chi connectivity index (χ0n) is 16.4. The number of para-hydroxylation sites is 1. The molecule has 4 heterocycles. The van der Waals surface area contributed by atoms with Crippen LogP contribution >= 0.6 is 12.4 Å². The highest BCUT2D eigenvalue weighted by Gasteiger charge is 2.37. The average molecular weight is 426 g/mol. The van der Waals surface area contributed by atoms with E-state index in [1.54, 1.807) is 23.0 Å². The summed E-state index contributed by atoms with van der Waals surface area (Å²) in [6, 6.07) is 14.7. The second kappa shape index (κ2) is 8.45. The zero-order chi connectivity index (χ0) is 19.8. The van der Waals surface area contributed by atoms with Crippen molar-refractivity contribution >= 4 is 18.3 Å². The number of halogens is 1. The molecule has 156 valence electrons. The van der Waals surface area contributed by atoms with Crippen LogP contribution in [0, 0.1) is 5.92 Å². The molecule has 0 radical (unpaired) electrons. The van der Waals surface area contributed by atoms with Gasteiger partial charge in [0.15, 0.2) is 0 Å². The molecule has 3 aromatic rings. The van der Waals surface area contributed by atoms with Crippen molar-refractivity contribution in [3.05, 3.63) is 82.5 Å². The monoisotopic (exact) mass is 425 g/mol. The summed E-state index contributed by atoms with van der Waals surface area (Å²) in [4.78, 5) is 25.7. The van der Waals surface area contributed by atoms with E-state index < -0.39 is 0 Å². The van der Waals surface area contributed by atoms with Gasteiger partial charge in [-0.15, -0.1) is 12.4 Å². The minimum atomic E-state index is -0.160. The predicted molar refractivity (Wildman–Crippen MR) is 117 cm³/mol. The second-order valence-corrected chi connectivity index (χ2v) is 7.75. The first-order chi connectivity index (χ1) is 14.2. The summed E-state index contributed by atoms with van der Waals surface area (Å²) >= 11 is 0. The Bertz CT molecular complexity index is 1090. The van der Waals surface area contributed by atoms with E-state index in [1.165, 1.54) is 0 Å². The van der Waals surface area contributed by atoms with Crippen LogP contribution in [0.3, 0.4) is 0 Å². The minimum absolute atomic E-state index is 0. The summed E-state index contributed by atoms with van der Waals surface area (Å²) in [6.45, 7) is 2.18. The van der Waals surface area contributed by atoms with Crippen LogP contribution in [0.25, 0.3) is 5.69 Å². The smallest absolute Gasteiger partial charge is 0.253 e. The van der Waals surface area contributed by atoms with Gasteiger partial charge in [-0.1, -0.05) is 18.2 Å². The van der Waals surface area contributed by atoms with E-state index in [9.17, 15) is 9.59 Å². The molecule has 3 atom stereocenters. The molecule has 0 aliphatic carbocycles. The van der Waals surface area contributed by atoms with Crippen molar-refractivity contribution in [2.75, 3.05) is 19.6 Å². The fourth-order valence-electron chi connectivity index (χ4n) is 4.74. The summed E-state index contributed by atoms with van der Waals surface area (Å²) in [6.07, 6.45) is 4.55. The van der Waals surface area contributed by atoms with Crippen molar-refractivity contribution in [1.29, 1.82) is 0 Å². The molecular weight excluding hydrogens is 402 g/mol. The number of hydrogen-bond donors (Lipinski definition) is 2. The molecule has 2 aliphatic heterocycles. The number of nitrogens with one attached hydrogen (secondary N) is 2. The Balaban J connectivity index is 0.00000218. The topological polar surface area (TPSA) is 81.0 Å². The largest absolute Gasteiger partial charge is 0.350 e. The predicted octanol–water partition coefficient (Wildman–Crippen LogP) is 2.13. The van der Waals surface area contributed by atoms with Crippen LogP contribution in [0.1, 0.15) is 34.4 Å². The number of fused-ring (bicyclic) bond motifs is 4. The summed E-state index contributed by atoms with van der Waals surface area (Å²) in [5, 5.41) is 10.8. The van der Waals surface area contributed by atoms with Crippen LogP contribution in [0.4, 0.5) is 0 Å². The highest BCUT2D eigenvalue weighted by molar-refractivity contribution is 5.97. The first kappa shape index (κ1) is 20.4. The quantitative estimate of drug-likeness (QED) is 0.671. The maximum atomic E-state index is 13.0. The average Bonchev–Trinajstić information content (AvgIpc) is 3.29. The van der Waals surface area contributed by atoms with Crippen molar-refractivity contribution in [3.63, 3.8) is 0 Å². The van der Waals surface area contributed by atoms with Crippen molar-refractivity contribution < 1.29 is 4.79 Å². The summed E-state index contributed by atoms with van der Waals surface area (Å²) in [7, 11) is 0. The van der Waals surface area contributed by atoms with Gasteiger partial charge in [-0.3, -0.25) is 9.59 Å². The number of carbonyl (C=O) groups is 1. The van der Waals surface area contributed by atoms with Crippen LogP contribution in [0.2, 0.25) is 0 Å². The number of aromatic nitrogens is 3. The Hall–Kier alpha value is -2.90. The van der Waals surface area contributed by atoms with Gasteiger partial charge in [-0.05, 0) is 36.6 Å². The third-order valence-electron chi connectivity index (χ3n) is 6.07. The van der Waals surface area contributed by atoms with E-state index in [0.717, 1.165) is 30.9 Å². The molecule has 0 spiro atoms. The van der Waals surface area contributed by atoms with Crippen LogP contribution < -0.4 is 16.2 Å². The molecule has 8 heteroatoms. The van der Waals surface area contributed by atoms with Crippen LogP contribution in [0.15, 0.2) is 65.7 Å². The van der Waals surface area contributed by atoms with Gasteiger partial charge in [0.1, 0.15) is 0 Å². The molecule has 7 nitrogen and oxygen atoms in total. The van der Waals surface area contributed by atoms with E-state index in [4.69, 9.17) is 0 Å². The van der Waals surface area contributed by atoms with Gasteiger partial charge in [0, 0.05) is 49.7 Å². The first-order valence-corrected chi connectivity index (χ1v) is 10.0. The molecule has 0 saturated carbocycles. The molecule has 1 saturated heterocycles. The van der Waals surface area contributed by atoms with E-state index in [0.29, 0.717) is 23.9 Å². The Morgan fingerprint density at radius 2 is 2.00 bits per heavy atom. The number of hydrogen-bond acceptors (Lipinski definition) is 4. The molecule has 1 amide bonds. The normalized spacial score (nSPS) is 21.9. The molecule has 0 unspecified atom stereocenters. The number of amides is 1. The molecule has 2 aromatic heterocycles. The molecule has 5 rings (SSSR count). The molecule has 2 N–H and O–H groups in total. The van der Waals surface area contributed by atoms with Crippen molar-refractivity contribution in [2.24, 2.45) is 5.92 Å². The van der Waals surface area contributed by atoms with Gasteiger partial charge in [0.2, 0.25) is 0 Å². The lowest BCUT2D eigenvalue weighted by Crippen LogP contribution is -2.50. The van der Waals surface area contributed by atoms with E-state index in [2.05, 4.69) is 15.7 Å². The van der Waals surface area contributed by atoms with Crippen molar-refractivity contribution in [1.82, 2.24) is 25.0 Å². The van der Waals surface area contributed by atoms with Crippen LogP contribution in [0.5, 0.6) is 0 Å². The molecule has 1 aromatic carbocycles. The summed E-state index contributed by atoms with van der Waals surface area (Å²) < 4.78 is 3.59. The number of benzene rings is 1. The van der Waals surface area contributed by atoms with Gasteiger partial charge in [0.25, 0.3) is 11.5 Å². The molecular formula is C22H24ClN5O2. The highest BCUT2D eigenvalue weighted by Crippen LogP contribution is 2.38. The Morgan fingerprint density at radius 1 is 1.13 bits per heavy atom.